The van der Waals surface area contributed by atoms with Gasteiger partial charge in [0.15, 0.2) is 0 Å². The highest BCUT2D eigenvalue weighted by atomic mass is 16.5. The predicted molar refractivity (Wildman–Crippen MR) is 65.9 cm³/mol. The average Bonchev–Trinajstić information content (AvgIpc) is 2.29. The summed E-state index contributed by atoms with van der Waals surface area (Å²) in [5.41, 5.74) is 5.08. The molecule has 0 radical (unpaired) electrons. The lowest BCUT2D eigenvalue weighted by Crippen LogP contribution is -2.57. The molecule has 18 heavy (non-hydrogen) atoms. The van der Waals surface area contributed by atoms with Crippen LogP contribution in [0.2, 0.25) is 0 Å². The first-order valence-corrected chi connectivity index (χ1v) is 6.24. The van der Waals surface area contributed by atoms with Crippen LogP contribution in [-0.2, 0) is 14.3 Å². The number of ether oxygens (including phenoxy) is 1. The maximum Gasteiger partial charge on any atom is 0.308 e. The van der Waals surface area contributed by atoms with Gasteiger partial charge in [0, 0.05) is 19.8 Å². The summed E-state index contributed by atoms with van der Waals surface area (Å²) in [6.45, 7) is 4.69. The van der Waals surface area contributed by atoms with Crippen molar-refractivity contribution in [3.05, 3.63) is 0 Å². The SMILES string of the molecule is CC(C)C(CNC(=O)C1(N)CCOCC1)C(=O)O. The lowest BCUT2D eigenvalue weighted by molar-refractivity contribution is -0.143. The van der Waals surface area contributed by atoms with Gasteiger partial charge in [-0.2, -0.15) is 0 Å². The number of carboxylic acids is 1. The van der Waals surface area contributed by atoms with Crippen molar-refractivity contribution < 1.29 is 19.4 Å². The Labute approximate surface area is 107 Å². The van der Waals surface area contributed by atoms with E-state index >= 15 is 0 Å². The fraction of sp³-hybridized carbons (Fsp3) is 0.833. The zero-order chi connectivity index (χ0) is 13.8. The molecule has 1 atom stereocenters. The lowest BCUT2D eigenvalue weighted by atomic mass is 9.89. The van der Waals surface area contributed by atoms with Crippen LogP contribution in [0.5, 0.6) is 0 Å². The Balaban J connectivity index is 2.51. The molecule has 1 heterocycles. The predicted octanol–water partition coefficient (Wildman–Crippen LogP) is -0.0327. The molecule has 0 aromatic heterocycles. The van der Waals surface area contributed by atoms with Gasteiger partial charge in [0.25, 0.3) is 0 Å². The molecule has 1 aliphatic heterocycles. The first kappa shape index (κ1) is 14.9. The molecule has 0 spiro atoms. The van der Waals surface area contributed by atoms with Crippen LogP contribution in [0.15, 0.2) is 0 Å². The number of carbonyl (C=O) groups is 2. The van der Waals surface area contributed by atoms with Crippen LogP contribution in [0.1, 0.15) is 26.7 Å². The standard InChI is InChI=1S/C12H22N2O4/c1-8(2)9(10(15)16)7-14-11(17)12(13)3-5-18-6-4-12/h8-9H,3-7,13H2,1-2H3,(H,14,17)(H,15,16). The fourth-order valence-corrected chi connectivity index (χ4v) is 1.95. The number of aliphatic carboxylic acids is 1. The highest BCUT2D eigenvalue weighted by Gasteiger charge is 2.36. The molecule has 0 saturated carbocycles. The van der Waals surface area contributed by atoms with Gasteiger partial charge < -0.3 is 20.9 Å². The number of carboxylic acid groups (broad SMARTS) is 1. The summed E-state index contributed by atoms with van der Waals surface area (Å²) in [6, 6.07) is 0. The molecule has 1 rings (SSSR count). The van der Waals surface area contributed by atoms with Crippen molar-refractivity contribution in [2.75, 3.05) is 19.8 Å². The van der Waals surface area contributed by atoms with Gasteiger partial charge in [-0.1, -0.05) is 13.8 Å². The van der Waals surface area contributed by atoms with Gasteiger partial charge in [-0.05, 0) is 18.8 Å². The van der Waals surface area contributed by atoms with Crippen molar-refractivity contribution in [3.63, 3.8) is 0 Å². The van der Waals surface area contributed by atoms with E-state index in [4.69, 9.17) is 15.6 Å². The van der Waals surface area contributed by atoms with E-state index in [-0.39, 0.29) is 18.4 Å². The quantitative estimate of drug-likeness (QED) is 0.642. The summed E-state index contributed by atoms with van der Waals surface area (Å²) in [4.78, 5) is 23.0. The average molecular weight is 258 g/mol. The molecule has 1 aliphatic rings. The third kappa shape index (κ3) is 3.68. The highest BCUT2D eigenvalue weighted by molar-refractivity contribution is 5.86. The molecular formula is C12H22N2O4. The Morgan fingerprint density at radius 3 is 2.39 bits per heavy atom. The van der Waals surface area contributed by atoms with E-state index < -0.39 is 17.4 Å². The van der Waals surface area contributed by atoms with Crippen molar-refractivity contribution in [1.82, 2.24) is 5.32 Å². The zero-order valence-corrected chi connectivity index (χ0v) is 10.9. The molecular weight excluding hydrogens is 236 g/mol. The Bertz CT molecular complexity index is 311. The largest absolute Gasteiger partial charge is 0.481 e. The van der Waals surface area contributed by atoms with Crippen LogP contribution in [-0.4, -0.2) is 42.3 Å². The maximum atomic E-state index is 12.0. The summed E-state index contributed by atoms with van der Waals surface area (Å²) in [6.07, 6.45) is 0.941. The van der Waals surface area contributed by atoms with Crippen molar-refractivity contribution in [2.24, 2.45) is 17.6 Å². The third-order valence-electron chi connectivity index (χ3n) is 3.44. The van der Waals surface area contributed by atoms with Gasteiger partial charge in [0.1, 0.15) is 0 Å². The van der Waals surface area contributed by atoms with E-state index in [0.717, 1.165) is 0 Å². The summed E-state index contributed by atoms with van der Waals surface area (Å²) in [5.74, 6) is -1.80. The number of carbonyl (C=O) groups excluding carboxylic acids is 1. The third-order valence-corrected chi connectivity index (χ3v) is 3.44. The minimum atomic E-state index is -0.918. The molecule has 1 unspecified atom stereocenters. The molecule has 0 aliphatic carbocycles. The van der Waals surface area contributed by atoms with Crippen molar-refractivity contribution in [2.45, 2.75) is 32.2 Å². The zero-order valence-electron chi connectivity index (χ0n) is 10.9. The summed E-state index contributed by atoms with van der Waals surface area (Å²) < 4.78 is 5.16. The fourth-order valence-electron chi connectivity index (χ4n) is 1.95. The molecule has 1 fully saturated rings. The van der Waals surface area contributed by atoms with Crippen molar-refractivity contribution in [3.8, 4) is 0 Å². The highest BCUT2D eigenvalue weighted by Crippen LogP contribution is 2.18. The molecule has 0 bridgehead atoms. The second-order valence-electron chi connectivity index (χ2n) is 5.17. The smallest absolute Gasteiger partial charge is 0.308 e. The molecule has 104 valence electrons. The Hall–Kier alpha value is -1.14. The van der Waals surface area contributed by atoms with Crippen LogP contribution in [0, 0.1) is 11.8 Å². The topological polar surface area (TPSA) is 102 Å². The van der Waals surface area contributed by atoms with Crippen molar-refractivity contribution in [1.29, 1.82) is 0 Å². The Morgan fingerprint density at radius 1 is 1.39 bits per heavy atom. The monoisotopic (exact) mass is 258 g/mol. The molecule has 6 heteroatoms. The van der Waals surface area contributed by atoms with E-state index in [0.29, 0.717) is 26.1 Å². The minimum Gasteiger partial charge on any atom is -0.481 e. The maximum absolute atomic E-state index is 12.0. The summed E-state index contributed by atoms with van der Waals surface area (Å²) in [5, 5.41) is 11.7. The molecule has 1 saturated heterocycles. The van der Waals surface area contributed by atoms with Gasteiger partial charge in [-0.3, -0.25) is 9.59 Å². The number of nitrogens with one attached hydrogen (secondary N) is 1. The van der Waals surface area contributed by atoms with E-state index in [1.165, 1.54) is 0 Å². The van der Waals surface area contributed by atoms with Gasteiger partial charge in [-0.25, -0.2) is 0 Å². The number of rotatable bonds is 5. The second kappa shape index (κ2) is 6.15. The van der Waals surface area contributed by atoms with Gasteiger partial charge in [0.2, 0.25) is 5.91 Å². The molecule has 0 aromatic rings. The minimum absolute atomic E-state index is 0.0359. The summed E-state index contributed by atoms with van der Waals surface area (Å²) in [7, 11) is 0. The first-order valence-electron chi connectivity index (χ1n) is 6.24. The van der Waals surface area contributed by atoms with Crippen LogP contribution in [0.25, 0.3) is 0 Å². The first-order chi connectivity index (χ1) is 8.37. The van der Waals surface area contributed by atoms with Gasteiger partial charge in [-0.15, -0.1) is 0 Å². The van der Waals surface area contributed by atoms with Crippen LogP contribution in [0.4, 0.5) is 0 Å². The molecule has 0 aromatic carbocycles. The number of hydrogen-bond donors (Lipinski definition) is 3. The van der Waals surface area contributed by atoms with Gasteiger partial charge in [0.05, 0.1) is 11.5 Å². The second-order valence-corrected chi connectivity index (χ2v) is 5.17. The van der Waals surface area contributed by atoms with E-state index in [2.05, 4.69) is 5.32 Å². The lowest BCUT2D eigenvalue weighted by Gasteiger charge is -2.32. The number of amides is 1. The van der Waals surface area contributed by atoms with E-state index in [1.54, 1.807) is 0 Å². The van der Waals surface area contributed by atoms with E-state index in [1.807, 2.05) is 13.8 Å². The Morgan fingerprint density at radius 2 is 1.94 bits per heavy atom. The van der Waals surface area contributed by atoms with Crippen LogP contribution >= 0.6 is 0 Å². The van der Waals surface area contributed by atoms with Gasteiger partial charge >= 0.3 is 5.97 Å². The molecule has 4 N–H and O–H groups in total. The molecule has 6 nitrogen and oxygen atoms in total. The van der Waals surface area contributed by atoms with E-state index in [9.17, 15) is 9.59 Å². The van der Waals surface area contributed by atoms with Crippen LogP contribution < -0.4 is 11.1 Å². The number of nitrogens with two attached hydrogens (primary N) is 1. The Kier molecular flexibility index (Phi) is 5.10. The summed E-state index contributed by atoms with van der Waals surface area (Å²) >= 11 is 0. The molecule has 1 amide bonds. The number of hydrogen-bond acceptors (Lipinski definition) is 4. The van der Waals surface area contributed by atoms with Crippen LogP contribution in [0.3, 0.4) is 0 Å². The normalized spacial score (nSPS) is 20.4. The van der Waals surface area contributed by atoms with Crippen molar-refractivity contribution >= 4 is 11.9 Å².